The summed E-state index contributed by atoms with van der Waals surface area (Å²) in [6.45, 7) is 7.29. The second-order valence-electron chi connectivity index (χ2n) is 4.55. The lowest BCUT2D eigenvalue weighted by Gasteiger charge is -2.18. The van der Waals surface area contributed by atoms with E-state index in [1.807, 2.05) is 20.8 Å². The minimum Gasteiger partial charge on any atom is -0.591 e. The van der Waals surface area contributed by atoms with E-state index in [4.69, 9.17) is 0 Å². The van der Waals surface area contributed by atoms with Crippen LogP contribution < -0.4 is 0 Å². The molecule has 0 saturated heterocycles. The van der Waals surface area contributed by atoms with E-state index >= 15 is 0 Å². The van der Waals surface area contributed by atoms with Gasteiger partial charge in [0.25, 0.3) is 0 Å². The maximum atomic E-state index is 13.0. The maximum Gasteiger partial charge on any atom is 0.144 e. The Morgan fingerprint density at radius 2 is 2.00 bits per heavy atom. The zero-order chi connectivity index (χ0) is 12.3. The standard InChI is InChI=1S/C12H16FNOS/c1-9(14-16(15)12(2,3)4)10-6-5-7-11(13)8-10/h5-8H,1-4H3/t16-/m0/s1. The van der Waals surface area contributed by atoms with Crippen molar-refractivity contribution in [3.05, 3.63) is 35.6 Å². The first-order valence-corrected chi connectivity index (χ1v) is 6.14. The topological polar surface area (TPSA) is 35.4 Å². The zero-order valence-corrected chi connectivity index (χ0v) is 10.8. The van der Waals surface area contributed by atoms with Gasteiger partial charge in [-0.2, -0.15) is 0 Å². The first-order valence-electron chi connectivity index (χ1n) is 5.04. The van der Waals surface area contributed by atoms with Crippen molar-refractivity contribution in [2.45, 2.75) is 32.4 Å². The smallest absolute Gasteiger partial charge is 0.144 e. The normalized spacial score (nSPS) is 15.0. The third-order valence-corrected chi connectivity index (χ3v) is 3.47. The number of benzene rings is 1. The summed E-state index contributed by atoms with van der Waals surface area (Å²) in [5.41, 5.74) is 1.25. The van der Waals surface area contributed by atoms with Gasteiger partial charge in [-0.15, -0.1) is 0 Å². The Hall–Kier alpha value is -0.870. The van der Waals surface area contributed by atoms with Gasteiger partial charge in [0.1, 0.15) is 21.9 Å². The molecule has 1 aromatic rings. The van der Waals surface area contributed by atoms with Gasteiger partial charge in [-0.3, -0.25) is 0 Å². The lowest BCUT2D eigenvalue weighted by molar-refractivity contribution is 0.561. The highest BCUT2D eigenvalue weighted by molar-refractivity contribution is 7.91. The summed E-state index contributed by atoms with van der Waals surface area (Å²) < 4.78 is 28.4. The lowest BCUT2D eigenvalue weighted by Crippen LogP contribution is -2.26. The molecule has 0 saturated carbocycles. The molecule has 0 amide bonds. The van der Waals surface area contributed by atoms with E-state index in [9.17, 15) is 8.94 Å². The molecule has 4 heteroatoms. The maximum absolute atomic E-state index is 13.0. The number of halogens is 1. The number of hydrogen-bond acceptors (Lipinski definition) is 2. The highest BCUT2D eigenvalue weighted by atomic mass is 32.2. The Morgan fingerprint density at radius 3 is 2.50 bits per heavy atom. The van der Waals surface area contributed by atoms with Crippen molar-refractivity contribution in [3.8, 4) is 0 Å². The first-order chi connectivity index (χ1) is 7.30. The predicted octanol–water partition coefficient (Wildman–Crippen LogP) is 3.10. The molecule has 0 N–H and O–H groups in total. The molecule has 0 aliphatic carbocycles. The molecule has 0 aliphatic rings. The highest BCUT2D eigenvalue weighted by Crippen LogP contribution is 2.18. The van der Waals surface area contributed by atoms with Gasteiger partial charge in [-0.1, -0.05) is 16.5 Å². The van der Waals surface area contributed by atoms with E-state index in [1.54, 1.807) is 19.1 Å². The predicted molar refractivity (Wildman–Crippen MR) is 66.5 cm³/mol. The van der Waals surface area contributed by atoms with Gasteiger partial charge in [0, 0.05) is 5.56 Å². The first kappa shape index (κ1) is 13.2. The van der Waals surface area contributed by atoms with Crippen molar-refractivity contribution in [1.82, 2.24) is 0 Å². The SMILES string of the molecule is CC(=N[S@@+]([O-])C(C)(C)C)c1cccc(F)c1. The monoisotopic (exact) mass is 241 g/mol. The minimum absolute atomic E-state index is 0.311. The molecular weight excluding hydrogens is 225 g/mol. The largest absolute Gasteiger partial charge is 0.591 e. The van der Waals surface area contributed by atoms with Crippen molar-refractivity contribution >= 4 is 17.1 Å². The van der Waals surface area contributed by atoms with Crippen LogP contribution >= 0.6 is 0 Å². The Balaban J connectivity index is 2.94. The van der Waals surface area contributed by atoms with Crippen LogP contribution in [0.2, 0.25) is 0 Å². The van der Waals surface area contributed by atoms with Crippen LogP contribution in [0.3, 0.4) is 0 Å². The summed E-state index contributed by atoms with van der Waals surface area (Å²) >= 11 is -1.31. The zero-order valence-electron chi connectivity index (χ0n) is 9.95. The molecule has 88 valence electrons. The summed E-state index contributed by atoms with van der Waals surface area (Å²) in [7, 11) is 0. The summed E-state index contributed by atoms with van der Waals surface area (Å²) in [5, 5.41) is 0. The van der Waals surface area contributed by atoms with Crippen LogP contribution in [-0.2, 0) is 11.4 Å². The molecule has 0 bridgehead atoms. The Morgan fingerprint density at radius 1 is 1.38 bits per heavy atom. The van der Waals surface area contributed by atoms with Gasteiger partial charge < -0.3 is 4.55 Å². The van der Waals surface area contributed by atoms with E-state index in [0.717, 1.165) is 0 Å². The Kier molecular flexibility index (Phi) is 4.10. The van der Waals surface area contributed by atoms with Crippen molar-refractivity contribution in [2.24, 2.45) is 4.40 Å². The minimum atomic E-state index is -1.31. The second kappa shape index (κ2) is 4.97. The molecule has 16 heavy (non-hydrogen) atoms. The van der Waals surface area contributed by atoms with Gasteiger partial charge in [-0.25, -0.2) is 4.39 Å². The van der Waals surface area contributed by atoms with Gasteiger partial charge in [-0.05, 0) is 39.8 Å². The average Bonchev–Trinajstić information content (AvgIpc) is 2.16. The Bertz CT molecular complexity index is 398. The van der Waals surface area contributed by atoms with Crippen molar-refractivity contribution in [1.29, 1.82) is 0 Å². The number of hydrogen-bond donors (Lipinski definition) is 0. The third-order valence-electron chi connectivity index (χ3n) is 1.99. The van der Waals surface area contributed by atoms with E-state index in [1.165, 1.54) is 12.1 Å². The molecule has 0 spiro atoms. The van der Waals surface area contributed by atoms with Gasteiger partial charge >= 0.3 is 0 Å². The van der Waals surface area contributed by atoms with Crippen LogP contribution in [-0.4, -0.2) is 15.0 Å². The molecule has 0 aliphatic heterocycles. The average molecular weight is 241 g/mol. The molecule has 1 aromatic carbocycles. The molecular formula is C12H16FNOS. The fraction of sp³-hybridized carbons (Fsp3) is 0.417. The van der Waals surface area contributed by atoms with E-state index in [0.29, 0.717) is 11.3 Å². The summed E-state index contributed by atoms with van der Waals surface area (Å²) in [6, 6.07) is 6.13. The van der Waals surface area contributed by atoms with Gasteiger partial charge in [0.2, 0.25) is 0 Å². The molecule has 0 radical (unpaired) electrons. The van der Waals surface area contributed by atoms with E-state index in [-0.39, 0.29) is 5.82 Å². The summed E-state index contributed by atoms with van der Waals surface area (Å²) in [5.74, 6) is -0.311. The molecule has 0 heterocycles. The molecule has 1 rings (SSSR count). The van der Waals surface area contributed by atoms with Crippen molar-refractivity contribution < 1.29 is 8.94 Å². The van der Waals surface area contributed by atoms with Crippen LogP contribution in [0.1, 0.15) is 33.3 Å². The van der Waals surface area contributed by atoms with Gasteiger partial charge in [0.15, 0.2) is 0 Å². The van der Waals surface area contributed by atoms with Crippen LogP contribution in [0, 0.1) is 5.82 Å². The lowest BCUT2D eigenvalue weighted by atomic mass is 10.1. The summed E-state index contributed by atoms with van der Waals surface area (Å²) in [4.78, 5) is 0. The molecule has 0 aromatic heterocycles. The van der Waals surface area contributed by atoms with Crippen molar-refractivity contribution in [2.75, 3.05) is 0 Å². The van der Waals surface area contributed by atoms with Crippen LogP contribution in [0.25, 0.3) is 0 Å². The molecule has 2 nitrogen and oxygen atoms in total. The molecule has 1 atom stereocenters. The molecule has 0 unspecified atom stereocenters. The van der Waals surface area contributed by atoms with Gasteiger partial charge in [0.05, 0.1) is 5.71 Å². The van der Waals surface area contributed by atoms with E-state index in [2.05, 4.69) is 4.40 Å². The number of rotatable bonds is 2. The molecule has 0 fully saturated rings. The third kappa shape index (κ3) is 3.61. The van der Waals surface area contributed by atoms with Crippen molar-refractivity contribution in [3.63, 3.8) is 0 Å². The van der Waals surface area contributed by atoms with Crippen LogP contribution in [0.5, 0.6) is 0 Å². The fourth-order valence-corrected chi connectivity index (χ4v) is 1.66. The second-order valence-corrected chi connectivity index (χ2v) is 6.45. The van der Waals surface area contributed by atoms with E-state index < -0.39 is 16.1 Å². The number of nitrogens with zero attached hydrogens (tertiary/aromatic N) is 1. The van der Waals surface area contributed by atoms with Crippen LogP contribution in [0.4, 0.5) is 4.39 Å². The fourth-order valence-electron chi connectivity index (χ4n) is 1.03. The highest BCUT2D eigenvalue weighted by Gasteiger charge is 2.26. The Labute approximate surface area is 98.9 Å². The van der Waals surface area contributed by atoms with Crippen LogP contribution in [0.15, 0.2) is 28.7 Å². The quantitative estimate of drug-likeness (QED) is 0.579. The summed E-state index contributed by atoms with van der Waals surface area (Å²) in [6.07, 6.45) is 0.